The van der Waals surface area contributed by atoms with Crippen molar-refractivity contribution in [3.05, 3.63) is 35.4 Å². The number of unbranched alkanes of at least 4 members (excludes halogenated alkanes) is 1. The fourth-order valence-corrected chi connectivity index (χ4v) is 1.58. The smallest absolute Gasteiger partial charge is 0.349 e. The second-order valence-electron chi connectivity index (χ2n) is 4.89. The van der Waals surface area contributed by atoms with Crippen LogP contribution in [0.2, 0.25) is 0 Å². The predicted molar refractivity (Wildman–Crippen MR) is 81.7 cm³/mol. The second kappa shape index (κ2) is 8.80. The van der Waals surface area contributed by atoms with Gasteiger partial charge in [-0.05, 0) is 44.0 Å². The topological polar surface area (TPSA) is 59.3 Å². The fraction of sp³-hybridized carbons (Fsp3) is 0.412. The summed E-state index contributed by atoms with van der Waals surface area (Å²) in [6.45, 7) is 6.29. The van der Waals surface area contributed by atoms with Crippen LogP contribution in [-0.2, 0) is 9.53 Å². The summed E-state index contributed by atoms with van der Waals surface area (Å²) >= 11 is 0. The highest BCUT2D eigenvalue weighted by Gasteiger charge is 2.12. The van der Waals surface area contributed by atoms with Gasteiger partial charge in [0.1, 0.15) is 17.4 Å². The van der Waals surface area contributed by atoms with Gasteiger partial charge in [0.25, 0.3) is 0 Å². The SMILES string of the molecule is CCCCOc1ccc(C=C(C#N)C(=O)OC(C)C)cc1. The van der Waals surface area contributed by atoms with Gasteiger partial charge in [0.05, 0.1) is 12.7 Å². The molecular formula is C17H21NO3. The minimum atomic E-state index is -0.601. The minimum absolute atomic E-state index is 0.0108. The summed E-state index contributed by atoms with van der Waals surface area (Å²) in [7, 11) is 0. The molecule has 0 radical (unpaired) electrons. The van der Waals surface area contributed by atoms with Crippen LogP contribution in [0.4, 0.5) is 0 Å². The van der Waals surface area contributed by atoms with E-state index in [4.69, 9.17) is 14.7 Å². The molecule has 1 aromatic carbocycles. The Labute approximate surface area is 126 Å². The summed E-state index contributed by atoms with van der Waals surface area (Å²) in [6, 6.07) is 9.13. The Hall–Kier alpha value is -2.28. The van der Waals surface area contributed by atoms with Crippen LogP contribution < -0.4 is 4.74 Å². The number of esters is 1. The largest absolute Gasteiger partial charge is 0.494 e. The van der Waals surface area contributed by atoms with Crippen LogP contribution in [0.3, 0.4) is 0 Å². The lowest BCUT2D eigenvalue weighted by Gasteiger charge is -2.07. The highest BCUT2D eigenvalue weighted by Crippen LogP contribution is 2.15. The molecule has 112 valence electrons. The molecule has 0 bridgehead atoms. The number of ether oxygens (including phenoxy) is 2. The molecule has 0 aliphatic rings. The molecule has 1 rings (SSSR count). The minimum Gasteiger partial charge on any atom is -0.494 e. The summed E-state index contributed by atoms with van der Waals surface area (Å²) in [5.41, 5.74) is 0.749. The van der Waals surface area contributed by atoms with Crippen LogP contribution in [0.5, 0.6) is 5.75 Å². The Morgan fingerprint density at radius 2 is 2.00 bits per heavy atom. The zero-order chi connectivity index (χ0) is 15.7. The van der Waals surface area contributed by atoms with Crippen molar-refractivity contribution >= 4 is 12.0 Å². The van der Waals surface area contributed by atoms with Gasteiger partial charge in [-0.25, -0.2) is 4.79 Å². The molecule has 0 fully saturated rings. The summed E-state index contributed by atoms with van der Waals surface area (Å²) < 4.78 is 10.6. The molecular weight excluding hydrogens is 266 g/mol. The maximum absolute atomic E-state index is 11.7. The lowest BCUT2D eigenvalue weighted by Crippen LogP contribution is -2.12. The third-order valence-corrected chi connectivity index (χ3v) is 2.64. The third-order valence-electron chi connectivity index (χ3n) is 2.64. The first-order chi connectivity index (χ1) is 10.1. The monoisotopic (exact) mass is 287 g/mol. The van der Waals surface area contributed by atoms with Crippen LogP contribution in [0.15, 0.2) is 29.8 Å². The molecule has 0 saturated carbocycles. The molecule has 4 heteroatoms. The molecule has 0 unspecified atom stereocenters. The average Bonchev–Trinajstić information content (AvgIpc) is 2.45. The second-order valence-corrected chi connectivity index (χ2v) is 4.89. The molecule has 21 heavy (non-hydrogen) atoms. The summed E-state index contributed by atoms with van der Waals surface area (Å²) in [5.74, 6) is 0.180. The van der Waals surface area contributed by atoms with E-state index in [1.54, 1.807) is 26.0 Å². The normalized spacial score (nSPS) is 11.1. The maximum atomic E-state index is 11.7. The highest BCUT2D eigenvalue weighted by atomic mass is 16.5. The number of nitrogens with zero attached hydrogens (tertiary/aromatic N) is 1. The van der Waals surface area contributed by atoms with E-state index in [0.29, 0.717) is 6.61 Å². The Bertz CT molecular complexity index is 524. The highest BCUT2D eigenvalue weighted by molar-refractivity contribution is 5.97. The Balaban J connectivity index is 2.74. The van der Waals surface area contributed by atoms with Crippen LogP contribution in [-0.4, -0.2) is 18.7 Å². The number of hydrogen-bond donors (Lipinski definition) is 0. The number of carbonyl (C=O) groups is 1. The van der Waals surface area contributed by atoms with E-state index in [1.165, 1.54) is 6.08 Å². The number of rotatable bonds is 7. The van der Waals surface area contributed by atoms with Gasteiger partial charge in [-0.1, -0.05) is 25.5 Å². The van der Waals surface area contributed by atoms with Gasteiger partial charge >= 0.3 is 5.97 Å². The van der Waals surface area contributed by atoms with Crippen molar-refractivity contribution in [1.82, 2.24) is 0 Å². The molecule has 0 saturated heterocycles. The van der Waals surface area contributed by atoms with Gasteiger partial charge in [-0.2, -0.15) is 5.26 Å². The third kappa shape index (κ3) is 6.13. The summed E-state index contributed by atoms with van der Waals surface area (Å²) in [5, 5.41) is 9.02. The van der Waals surface area contributed by atoms with Crippen molar-refractivity contribution in [2.45, 2.75) is 39.7 Å². The van der Waals surface area contributed by atoms with E-state index in [-0.39, 0.29) is 11.7 Å². The van der Waals surface area contributed by atoms with Gasteiger partial charge in [0.2, 0.25) is 0 Å². The zero-order valence-electron chi connectivity index (χ0n) is 12.8. The number of carbonyl (C=O) groups excluding carboxylic acids is 1. The van der Waals surface area contributed by atoms with Crippen LogP contribution >= 0.6 is 0 Å². The average molecular weight is 287 g/mol. The van der Waals surface area contributed by atoms with E-state index < -0.39 is 5.97 Å². The van der Waals surface area contributed by atoms with E-state index in [2.05, 4.69) is 6.92 Å². The van der Waals surface area contributed by atoms with Crippen molar-refractivity contribution in [1.29, 1.82) is 5.26 Å². The molecule has 0 aliphatic carbocycles. The number of benzene rings is 1. The molecule has 0 spiro atoms. The van der Waals surface area contributed by atoms with Crippen LogP contribution in [0.25, 0.3) is 6.08 Å². The van der Waals surface area contributed by atoms with Gasteiger partial charge < -0.3 is 9.47 Å². The Morgan fingerprint density at radius 3 is 2.52 bits per heavy atom. The van der Waals surface area contributed by atoms with Crippen molar-refractivity contribution in [2.24, 2.45) is 0 Å². The van der Waals surface area contributed by atoms with Gasteiger partial charge in [-0.3, -0.25) is 0 Å². The summed E-state index contributed by atoms with van der Waals surface area (Å²) in [4.78, 5) is 11.7. The van der Waals surface area contributed by atoms with Crippen molar-refractivity contribution in [3.63, 3.8) is 0 Å². The fourth-order valence-electron chi connectivity index (χ4n) is 1.58. The number of nitriles is 1. The first-order valence-electron chi connectivity index (χ1n) is 7.12. The maximum Gasteiger partial charge on any atom is 0.349 e. The number of hydrogen-bond acceptors (Lipinski definition) is 4. The molecule has 0 amide bonds. The molecule has 4 nitrogen and oxygen atoms in total. The van der Waals surface area contributed by atoms with E-state index in [9.17, 15) is 4.79 Å². The molecule has 0 aliphatic heterocycles. The summed E-state index contributed by atoms with van der Waals surface area (Å²) in [6.07, 6.45) is 3.37. The molecule has 0 heterocycles. The molecule has 0 aromatic heterocycles. The molecule has 0 atom stereocenters. The zero-order valence-corrected chi connectivity index (χ0v) is 12.8. The molecule has 0 N–H and O–H groups in total. The van der Waals surface area contributed by atoms with E-state index in [0.717, 1.165) is 24.2 Å². The molecule has 1 aromatic rings. The Kier molecular flexibility index (Phi) is 7.03. The van der Waals surface area contributed by atoms with Crippen molar-refractivity contribution < 1.29 is 14.3 Å². The first-order valence-corrected chi connectivity index (χ1v) is 7.12. The van der Waals surface area contributed by atoms with Gasteiger partial charge in [0, 0.05) is 0 Å². The van der Waals surface area contributed by atoms with Gasteiger partial charge in [-0.15, -0.1) is 0 Å². The lowest BCUT2D eigenvalue weighted by molar-refractivity contribution is -0.142. The van der Waals surface area contributed by atoms with Crippen molar-refractivity contribution in [3.8, 4) is 11.8 Å². The quantitative estimate of drug-likeness (QED) is 0.332. The first kappa shape index (κ1) is 16.8. The predicted octanol–water partition coefficient (Wildman–Crippen LogP) is 3.72. The lowest BCUT2D eigenvalue weighted by atomic mass is 10.1. The standard InChI is InChI=1S/C17H21NO3/c1-4-5-10-20-16-8-6-14(7-9-16)11-15(12-18)17(19)21-13(2)3/h6-9,11,13H,4-5,10H2,1-3H3. The Morgan fingerprint density at radius 1 is 1.33 bits per heavy atom. The van der Waals surface area contributed by atoms with Crippen molar-refractivity contribution in [2.75, 3.05) is 6.61 Å². The van der Waals surface area contributed by atoms with E-state index in [1.807, 2.05) is 18.2 Å². The van der Waals surface area contributed by atoms with Crippen LogP contribution in [0, 0.1) is 11.3 Å². The van der Waals surface area contributed by atoms with Crippen LogP contribution in [0.1, 0.15) is 39.2 Å². The van der Waals surface area contributed by atoms with Gasteiger partial charge in [0.15, 0.2) is 0 Å². The van der Waals surface area contributed by atoms with E-state index >= 15 is 0 Å².